The first-order valence-corrected chi connectivity index (χ1v) is 4.68. The van der Waals surface area contributed by atoms with Gasteiger partial charge in [0, 0.05) is 12.1 Å². The zero-order valence-corrected chi connectivity index (χ0v) is 8.60. The highest BCUT2D eigenvalue weighted by molar-refractivity contribution is 6.29. The van der Waals surface area contributed by atoms with Crippen molar-refractivity contribution in [2.45, 2.75) is 26.3 Å². The Labute approximate surface area is 83.3 Å². The van der Waals surface area contributed by atoms with Crippen LogP contribution in [0.25, 0.3) is 0 Å². The SMILES string of the molecule is CC[C@H](C)Nc1cc(Cl)ncc1N. The van der Waals surface area contributed by atoms with Gasteiger partial charge in [0.15, 0.2) is 0 Å². The number of hydrogen-bond acceptors (Lipinski definition) is 3. The molecule has 0 fully saturated rings. The Balaban J connectivity index is 2.81. The van der Waals surface area contributed by atoms with Gasteiger partial charge < -0.3 is 11.1 Å². The van der Waals surface area contributed by atoms with E-state index in [1.165, 1.54) is 0 Å². The summed E-state index contributed by atoms with van der Waals surface area (Å²) in [6.45, 7) is 4.20. The normalized spacial score (nSPS) is 12.5. The molecule has 0 radical (unpaired) electrons. The van der Waals surface area contributed by atoms with E-state index in [-0.39, 0.29) is 0 Å². The fourth-order valence-corrected chi connectivity index (χ4v) is 1.09. The third-order valence-electron chi connectivity index (χ3n) is 1.92. The summed E-state index contributed by atoms with van der Waals surface area (Å²) in [6, 6.07) is 2.13. The number of rotatable bonds is 3. The zero-order valence-electron chi connectivity index (χ0n) is 7.84. The molecule has 3 N–H and O–H groups in total. The molecule has 1 rings (SSSR count). The first-order chi connectivity index (χ1) is 6.13. The number of halogens is 1. The van der Waals surface area contributed by atoms with E-state index in [1.54, 1.807) is 12.3 Å². The van der Waals surface area contributed by atoms with Gasteiger partial charge in [0.25, 0.3) is 0 Å². The van der Waals surface area contributed by atoms with Crippen LogP contribution in [0.3, 0.4) is 0 Å². The minimum atomic E-state index is 0.390. The lowest BCUT2D eigenvalue weighted by molar-refractivity contribution is 0.764. The van der Waals surface area contributed by atoms with Crippen molar-refractivity contribution in [2.75, 3.05) is 11.1 Å². The molecule has 4 heteroatoms. The summed E-state index contributed by atoms with van der Waals surface area (Å²) in [6.07, 6.45) is 2.60. The molecule has 1 atom stereocenters. The number of aromatic nitrogens is 1. The first-order valence-electron chi connectivity index (χ1n) is 4.31. The van der Waals surface area contributed by atoms with Crippen molar-refractivity contribution < 1.29 is 0 Å². The van der Waals surface area contributed by atoms with E-state index < -0.39 is 0 Å². The number of nitrogens with zero attached hydrogens (tertiary/aromatic N) is 1. The first kappa shape index (κ1) is 10.1. The van der Waals surface area contributed by atoms with Crippen LogP contribution in [0.5, 0.6) is 0 Å². The summed E-state index contributed by atoms with van der Waals surface area (Å²) < 4.78 is 0. The van der Waals surface area contributed by atoms with Crippen molar-refractivity contribution in [2.24, 2.45) is 0 Å². The molecular weight excluding hydrogens is 186 g/mol. The second-order valence-electron chi connectivity index (χ2n) is 3.05. The van der Waals surface area contributed by atoms with Crippen LogP contribution in [0.15, 0.2) is 12.3 Å². The number of anilines is 2. The molecule has 0 saturated heterocycles. The van der Waals surface area contributed by atoms with E-state index in [4.69, 9.17) is 17.3 Å². The van der Waals surface area contributed by atoms with Gasteiger partial charge in [-0.25, -0.2) is 4.98 Å². The lowest BCUT2D eigenvalue weighted by atomic mass is 10.2. The fraction of sp³-hybridized carbons (Fsp3) is 0.444. The maximum atomic E-state index is 5.74. The fourth-order valence-electron chi connectivity index (χ4n) is 0.933. The molecule has 13 heavy (non-hydrogen) atoms. The number of hydrogen-bond donors (Lipinski definition) is 2. The van der Waals surface area contributed by atoms with Crippen LogP contribution in [0.1, 0.15) is 20.3 Å². The Morgan fingerprint density at radius 3 is 3.00 bits per heavy atom. The summed E-state index contributed by atoms with van der Waals surface area (Å²) in [5.41, 5.74) is 7.19. The minimum absolute atomic E-state index is 0.390. The number of pyridine rings is 1. The lowest BCUT2D eigenvalue weighted by Crippen LogP contribution is -2.14. The molecule has 1 aromatic heterocycles. The van der Waals surface area contributed by atoms with Crippen molar-refractivity contribution in [1.82, 2.24) is 4.98 Å². The molecular formula is C9H14ClN3. The van der Waals surface area contributed by atoms with Crippen molar-refractivity contribution >= 4 is 23.0 Å². The largest absolute Gasteiger partial charge is 0.396 e. The number of nitrogens with one attached hydrogen (secondary N) is 1. The number of nitrogens with two attached hydrogens (primary N) is 1. The quantitative estimate of drug-likeness (QED) is 0.736. The molecule has 0 unspecified atom stereocenters. The lowest BCUT2D eigenvalue weighted by Gasteiger charge is -2.14. The average molecular weight is 200 g/mol. The maximum absolute atomic E-state index is 5.74. The smallest absolute Gasteiger partial charge is 0.131 e. The molecule has 0 aliphatic heterocycles. The average Bonchev–Trinajstić information content (AvgIpc) is 2.11. The second-order valence-corrected chi connectivity index (χ2v) is 3.44. The van der Waals surface area contributed by atoms with Crippen LogP contribution in [-0.2, 0) is 0 Å². The molecule has 1 heterocycles. The van der Waals surface area contributed by atoms with Crippen LogP contribution in [-0.4, -0.2) is 11.0 Å². The van der Waals surface area contributed by atoms with Gasteiger partial charge in [-0.15, -0.1) is 0 Å². The predicted octanol–water partition coefficient (Wildman–Crippen LogP) is 2.53. The third kappa shape index (κ3) is 2.77. The van der Waals surface area contributed by atoms with Crippen LogP contribution in [0.2, 0.25) is 5.15 Å². The number of nitrogen functional groups attached to an aromatic ring is 1. The molecule has 0 amide bonds. The summed E-state index contributed by atoms with van der Waals surface area (Å²) in [5.74, 6) is 0. The molecule has 0 aliphatic rings. The van der Waals surface area contributed by atoms with Gasteiger partial charge in [0.1, 0.15) is 5.15 Å². The van der Waals surface area contributed by atoms with Gasteiger partial charge in [-0.3, -0.25) is 0 Å². The zero-order chi connectivity index (χ0) is 9.84. The van der Waals surface area contributed by atoms with Gasteiger partial charge in [0.2, 0.25) is 0 Å². The molecule has 0 spiro atoms. The summed E-state index contributed by atoms with van der Waals surface area (Å²) in [5, 5.41) is 3.71. The highest BCUT2D eigenvalue weighted by Gasteiger charge is 2.03. The van der Waals surface area contributed by atoms with Crippen LogP contribution < -0.4 is 11.1 Å². The van der Waals surface area contributed by atoms with E-state index in [2.05, 4.69) is 24.1 Å². The van der Waals surface area contributed by atoms with Gasteiger partial charge >= 0.3 is 0 Å². The van der Waals surface area contributed by atoms with Crippen molar-refractivity contribution in [3.05, 3.63) is 17.4 Å². The van der Waals surface area contributed by atoms with Gasteiger partial charge in [0.05, 0.1) is 17.6 Å². The highest BCUT2D eigenvalue weighted by atomic mass is 35.5. The Morgan fingerprint density at radius 2 is 2.38 bits per heavy atom. The Morgan fingerprint density at radius 1 is 1.69 bits per heavy atom. The van der Waals surface area contributed by atoms with Crippen LogP contribution in [0, 0.1) is 0 Å². The molecule has 3 nitrogen and oxygen atoms in total. The van der Waals surface area contributed by atoms with E-state index in [9.17, 15) is 0 Å². The topological polar surface area (TPSA) is 50.9 Å². The predicted molar refractivity (Wildman–Crippen MR) is 57.0 cm³/mol. The summed E-state index contributed by atoms with van der Waals surface area (Å²) >= 11 is 5.74. The molecule has 0 aromatic carbocycles. The molecule has 0 bridgehead atoms. The Kier molecular flexibility index (Phi) is 3.37. The third-order valence-corrected chi connectivity index (χ3v) is 2.12. The highest BCUT2D eigenvalue weighted by Crippen LogP contribution is 2.21. The second kappa shape index (κ2) is 4.33. The van der Waals surface area contributed by atoms with Crippen molar-refractivity contribution in [3.8, 4) is 0 Å². The molecule has 72 valence electrons. The minimum Gasteiger partial charge on any atom is -0.396 e. The molecule has 0 aliphatic carbocycles. The van der Waals surface area contributed by atoms with Crippen LogP contribution >= 0.6 is 11.6 Å². The van der Waals surface area contributed by atoms with Gasteiger partial charge in [-0.2, -0.15) is 0 Å². The Bertz CT molecular complexity index is 288. The van der Waals surface area contributed by atoms with E-state index in [0.29, 0.717) is 16.9 Å². The van der Waals surface area contributed by atoms with Gasteiger partial charge in [-0.05, 0) is 13.3 Å². The van der Waals surface area contributed by atoms with E-state index >= 15 is 0 Å². The van der Waals surface area contributed by atoms with Crippen molar-refractivity contribution in [3.63, 3.8) is 0 Å². The Hall–Kier alpha value is -0.960. The van der Waals surface area contributed by atoms with Crippen molar-refractivity contribution in [1.29, 1.82) is 0 Å². The molecule has 1 aromatic rings. The van der Waals surface area contributed by atoms with Gasteiger partial charge in [-0.1, -0.05) is 18.5 Å². The van der Waals surface area contributed by atoms with E-state index in [1.807, 2.05) is 0 Å². The molecule has 0 saturated carbocycles. The van der Waals surface area contributed by atoms with E-state index in [0.717, 1.165) is 12.1 Å². The standard InChI is InChI=1S/C9H14ClN3/c1-3-6(2)13-8-4-9(10)12-5-7(8)11/h4-6H,3,11H2,1-2H3,(H,12,13)/t6-/m0/s1. The summed E-state index contributed by atoms with van der Waals surface area (Å²) in [4.78, 5) is 3.87. The van der Waals surface area contributed by atoms with Crippen LogP contribution in [0.4, 0.5) is 11.4 Å². The monoisotopic (exact) mass is 199 g/mol. The summed E-state index contributed by atoms with van der Waals surface area (Å²) in [7, 11) is 0. The maximum Gasteiger partial charge on any atom is 0.131 e.